The van der Waals surface area contributed by atoms with Crippen molar-refractivity contribution >= 4 is 22.3 Å². The number of aromatic nitrogens is 2. The molecule has 0 bridgehead atoms. The fourth-order valence-electron chi connectivity index (χ4n) is 5.55. The molecule has 1 atom stereocenters. The van der Waals surface area contributed by atoms with Crippen molar-refractivity contribution in [3.05, 3.63) is 72.6 Å². The number of rotatable bonds is 11. The average molecular weight is 530 g/mol. The largest absolute Gasteiger partial charge is 0.494 e. The zero-order valence-corrected chi connectivity index (χ0v) is 23.1. The molecule has 3 heterocycles. The molecule has 4 aromatic rings. The first-order valence-electron chi connectivity index (χ1n) is 13.8. The first kappa shape index (κ1) is 26.7. The SMILES string of the molecule is CCN1CCN(c2cccc3c(O)n([C@H](CCCNc4ccccn4)c4ccc(OC)c(OC)c4)cc23)CC1. The standard InChI is InChI=1S/C31H39N5O3/c1-4-34-17-19-35(20-18-34)27-10-7-9-24-25(27)22-36(31(24)37)26(11-8-16-33-30-12-5-6-15-32-30)23-13-14-28(38-2)29(21-23)39-3/h5-7,9-10,12-15,21-22,26,37H,4,8,11,16-20H2,1-3H3,(H,32,33)/t26-/m1/s1. The van der Waals surface area contributed by atoms with Crippen LogP contribution in [0.3, 0.4) is 0 Å². The number of nitrogens with zero attached hydrogens (tertiary/aromatic N) is 4. The number of hydrogen-bond donors (Lipinski definition) is 2. The Kier molecular flexibility index (Phi) is 8.42. The monoisotopic (exact) mass is 529 g/mol. The molecule has 1 aliphatic rings. The summed E-state index contributed by atoms with van der Waals surface area (Å²) in [5, 5.41) is 16.9. The van der Waals surface area contributed by atoms with E-state index in [9.17, 15) is 5.11 Å². The van der Waals surface area contributed by atoms with E-state index in [1.165, 1.54) is 5.69 Å². The number of fused-ring (bicyclic) bond motifs is 1. The molecule has 39 heavy (non-hydrogen) atoms. The van der Waals surface area contributed by atoms with Crippen molar-refractivity contribution in [1.82, 2.24) is 14.5 Å². The van der Waals surface area contributed by atoms with E-state index in [4.69, 9.17) is 9.47 Å². The molecule has 2 N–H and O–H groups in total. The Morgan fingerprint density at radius 1 is 0.949 bits per heavy atom. The first-order valence-corrected chi connectivity index (χ1v) is 13.8. The Bertz CT molecular complexity index is 1370. The highest BCUT2D eigenvalue weighted by Crippen LogP contribution is 2.40. The fraction of sp³-hybridized carbons (Fsp3) is 0.387. The number of pyridine rings is 1. The van der Waals surface area contributed by atoms with Crippen LogP contribution in [0.1, 0.15) is 31.4 Å². The van der Waals surface area contributed by atoms with Crippen LogP contribution in [-0.4, -0.2) is 73.0 Å². The van der Waals surface area contributed by atoms with Crippen LogP contribution in [0.2, 0.25) is 0 Å². The number of methoxy groups -OCH3 is 2. The zero-order chi connectivity index (χ0) is 27.2. The molecule has 0 spiro atoms. The molecule has 206 valence electrons. The number of nitrogens with one attached hydrogen (secondary N) is 1. The second-order valence-corrected chi connectivity index (χ2v) is 9.93. The van der Waals surface area contributed by atoms with E-state index in [-0.39, 0.29) is 11.9 Å². The average Bonchev–Trinajstić information content (AvgIpc) is 3.33. The topological polar surface area (TPSA) is 75.0 Å². The predicted octanol–water partition coefficient (Wildman–Crippen LogP) is 5.38. The van der Waals surface area contributed by atoms with Gasteiger partial charge >= 0.3 is 0 Å². The number of anilines is 2. The van der Waals surface area contributed by atoms with Gasteiger partial charge in [0.15, 0.2) is 17.4 Å². The van der Waals surface area contributed by atoms with Crippen LogP contribution in [0.4, 0.5) is 11.5 Å². The maximum atomic E-state index is 11.5. The molecule has 0 unspecified atom stereocenters. The van der Waals surface area contributed by atoms with Crippen molar-refractivity contribution in [2.75, 3.05) is 63.7 Å². The molecule has 5 rings (SSSR count). The molecular formula is C31H39N5O3. The van der Waals surface area contributed by atoms with E-state index in [1.807, 2.05) is 41.0 Å². The minimum atomic E-state index is -0.0903. The third kappa shape index (κ3) is 5.76. The van der Waals surface area contributed by atoms with Crippen molar-refractivity contribution in [3.8, 4) is 17.4 Å². The highest BCUT2D eigenvalue weighted by molar-refractivity contribution is 5.98. The van der Waals surface area contributed by atoms with Crippen LogP contribution in [-0.2, 0) is 0 Å². The Hall–Kier alpha value is -3.91. The van der Waals surface area contributed by atoms with Crippen LogP contribution >= 0.6 is 0 Å². The van der Waals surface area contributed by atoms with Gasteiger partial charge in [-0.1, -0.05) is 25.1 Å². The van der Waals surface area contributed by atoms with E-state index < -0.39 is 0 Å². The lowest BCUT2D eigenvalue weighted by atomic mass is 10.0. The van der Waals surface area contributed by atoms with E-state index in [0.29, 0.717) is 11.5 Å². The summed E-state index contributed by atoms with van der Waals surface area (Å²) in [7, 11) is 3.30. The van der Waals surface area contributed by atoms with Gasteiger partial charge in [0.05, 0.1) is 20.3 Å². The minimum absolute atomic E-state index is 0.0903. The van der Waals surface area contributed by atoms with Crippen LogP contribution in [0.5, 0.6) is 17.4 Å². The lowest BCUT2D eigenvalue weighted by molar-refractivity contribution is 0.271. The first-order chi connectivity index (χ1) is 19.1. The predicted molar refractivity (Wildman–Crippen MR) is 158 cm³/mol. The Morgan fingerprint density at radius 3 is 2.49 bits per heavy atom. The molecule has 1 aliphatic heterocycles. The number of benzene rings is 2. The van der Waals surface area contributed by atoms with Gasteiger partial charge in [-0.25, -0.2) is 4.98 Å². The van der Waals surface area contributed by atoms with E-state index in [1.54, 1.807) is 20.4 Å². The van der Waals surface area contributed by atoms with E-state index in [2.05, 4.69) is 51.4 Å². The molecule has 0 radical (unpaired) electrons. The number of ether oxygens (including phenoxy) is 2. The molecule has 0 amide bonds. The molecule has 2 aromatic carbocycles. The summed E-state index contributed by atoms with van der Waals surface area (Å²) in [6.45, 7) is 8.14. The summed E-state index contributed by atoms with van der Waals surface area (Å²) in [4.78, 5) is 9.29. The molecular weight excluding hydrogens is 490 g/mol. The van der Waals surface area contributed by atoms with Gasteiger partial charge in [0.1, 0.15) is 5.82 Å². The maximum Gasteiger partial charge on any atom is 0.199 e. The van der Waals surface area contributed by atoms with Crippen LogP contribution in [0.15, 0.2) is 67.0 Å². The smallest absolute Gasteiger partial charge is 0.199 e. The summed E-state index contributed by atoms with van der Waals surface area (Å²) in [5.74, 6) is 2.52. The van der Waals surface area contributed by atoms with Gasteiger partial charge in [-0.05, 0) is 61.3 Å². The van der Waals surface area contributed by atoms with Gasteiger partial charge in [-0.15, -0.1) is 0 Å². The van der Waals surface area contributed by atoms with Crippen molar-refractivity contribution in [2.45, 2.75) is 25.8 Å². The molecule has 2 aromatic heterocycles. The van der Waals surface area contributed by atoms with Crippen LogP contribution in [0.25, 0.3) is 10.8 Å². The van der Waals surface area contributed by atoms with Crippen molar-refractivity contribution in [2.24, 2.45) is 0 Å². The number of likely N-dealkylation sites (N-methyl/N-ethyl adjacent to an activating group) is 1. The Morgan fingerprint density at radius 2 is 1.77 bits per heavy atom. The van der Waals surface area contributed by atoms with Gasteiger partial charge in [0.2, 0.25) is 0 Å². The number of hydrogen-bond acceptors (Lipinski definition) is 7. The minimum Gasteiger partial charge on any atom is -0.494 e. The van der Waals surface area contributed by atoms with Gasteiger partial charge in [0, 0.05) is 61.6 Å². The normalized spacial score (nSPS) is 14.9. The quantitative estimate of drug-likeness (QED) is 0.253. The zero-order valence-electron chi connectivity index (χ0n) is 23.1. The lowest BCUT2D eigenvalue weighted by Crippen LogP contribution is -2.46. The summed E-state index contributed by atoms with van der Waals surface area (Å²) >= 11 is 0. The lowest BCUT2D eigenvalue weighted by Gasteiger charge is -2.35. The number of piperazine rings is 1. The van der Waals surface area contributed by atoms with Crippen molar-refractivity contribution in [1.29, 1.82) is 0 Å². The summed E-state index contributed by atoms with van der Waals surface area (Å²) in [6.07, 6.45) is 5.61. The van der Waals surface area contributed by atoms with Gasteiger partial charge in [-0.3, -0.25) is 0 Å². The van der Waals surface area contributed by atoms with E-state index in [0.717, 1.165) is 74.3 Å². The van der Waals surface area contributed by atoms with Gasteiger partial charge < -0.3 is 34.3 Å². The van der Waals surface area contributed by atoms with Gasteiger partial charge in [-0.2, -0.15) is 0 Å². The Balaban J connectivity index is 1.47. The van der Waals surface area contributed by atoms with Crippen LogP contribution in [0, 0.1) is 0 Å². The molecule has 1 fully saturated rings. The van der Waals surface area contributed by atoms with E-state index >= 15 is 0 Å². The van der Waals surface area contributed by atoms with Gasteiger partial charge in [0.25, 0.3) is 0 Å². The fourth-order valence-corrected chi connectivity index (χ4v) is 5.55. The molecule has 1 saturated heterocycles. The second kappa shape index (κ2) is 12.3. The summed E-state index contributed by atoms with van der Waals surface area (Å²) < 4.78 is 13.1. The van der Waals surface area contributed by atoms with Crippen molar-refractivity contribution in [3.63, 3.8) is 0 Å². The third-order valence-electron chi connectivity index (χ3n) is 7.75. The highest BCUT2D eigenvalue weighted by Gasteiger charge is 2.24. The number of aromatic hydroxyl groups is 1. The summed E-state index contributed by atoms with van der Waals surface area (Å²) in [5.41, 5.74) is 2.24. The Labute approximate surface area is 230 Å². The summed E-state index contributed by atoms with van der Waals surface area (Å²) in [6, 6.07) is 18.0. The molecule has 8 nitrogen and oxygen atoms in total. The second-order valence-electron chi connectivity index (χ2n) is 9.93. The van der Waals surface area contributed by atoms with Crippen LogP contribution < -0.4 is 19.7 Å². The highest BCUT2D eigenvalue weighted by atomic mass is 16.5. The third-order valence-corrected chi connectivity index (χ3v) is 7.75. The maximum absolute atomic E-state index is 11.5. The molecule has 8 heteroatoms. The van der Waals surface area contributed by atoms with Crippen molar-refractivity contribution < 1.29 is 14.6 Å². The molecule has 0 saturated carbocycles. The molecule has 0 aliphatic carbocycles.